The summed E-state index contributed by atoms with van der Waals surface area (Å²) in [6, 6.07) is 16.5. The highest BCUT2D eigenvalue weighted by molar-refractivity contribution is 5.78. The third-order valence-electron chi connectivity index (χ3n) is 3.43. The molecule has 0 bridgehead atoms. The first kappa shape index (κ1) is 9.65. The Bertz CT molecular complexity index is 492. The van der Waals surface area contributed by atoms with Gasteiger partial charge in [-0.15, -0.1) is 0 Å². The topological polar surface area (TPSA) is 48.1 Å². The summed E-state index contributed by atoms with van der Waals surface area (Å²) in [5, 5.41) is 13.9. The van der Waals surface area contributed by atoms with Crippen LogP contribution >= 0.6 is 0 Å². The van der Waals surface area contributed by atoms with Gasteiger partial charge in [0.1, 0.15) is 12.3 Å². The number of anilines is 4. The highest BCUT2D eigenvalue weighted by atomic mass is 15.3. The number of hydrogen-bond donors (Lipinski definition) is 4. The molecule has 2 heterocycles. The minimum Gasteiger partial charge on any atom is -0.360 e. The zero-order valence-electron chi connectivity index (χ0n) is 9.77. The van der Waals surface area contributed by atoms with Crippen molar-refractivity contribution in [3.63, 3.8) is 0 Å². The molecule has 4 nitrogen and oxygen atoms in total. The summed E-state index contributed by atoms with van der Waals surface area (Å²) in [6.45, 7) is 0. The first-order chi connectivity index (χ1) is 8.90. The maximum Gasteiger partial charge on any atom is 0.136 e. The van der Waals surface area contributed by atoms with Crippen LogP contribution < -0.4 is 21.3 Å². The maximum absolute atomic E-state index is 3.48. The molecule has 0 aliphatic carbocycles. The molecule has 0 saturated carbocycles. The predicted octanol–water partition coefficient (Wildman–Crippen LogP) is 2.71. The fourth-order valence-corrected chi connectivity index (χ4v) is 2.55. The molecule has 0 spiro atoms. The summed E-state index contributed by atoms with van der Waals surface area (Å²) in [5.74, 6) is 0. The summed E-state index contributed by atoms with van der Waals surface area (Å²) in [7, 11) is 0. The number of para-hydroxylation sites is 4. The standard InChI is InChI=1S/C14H14N4/c1-2-6-10-9(5-1)15-13(16-10)14-17-11-7-3-4-8-12(11)18-14/h1-8,13-18H. The van der Waals surface area contributed by atoms with Crippen LogP contribution in [0.4, 0.5) is 22.7 Å². The lowest BCUT2D eigenvalue weighted by atomic mass is 10.3. The molecule has 2 aliphatic rings. The van der Waals surface area contributed by atoms with Gasteiger partial charge in [0.2, 0.25) is 0 Å². The molecule has 0 fully saturated rings. The summed E-state index contributed by atoms with van der Waals surface area (Å²) >= 11 is 0. The smallest absolute Gasteiger partial charge is 0.136 e. The number of rotatable bonds is 1. The molecule has 4 heteroatoms. The van der Waals surface area contributed by atoms with Crippen molar-refractivity contribution in [2.24, 2.45) is 0 Å². The highest BCUT2D eigenvalue weighted by Crippen LogP contribution is 2.34. The van der Waals surface area contributed by atoms with Crippen molar-refractivity contribution in [3.8, 4) is 0 Å². The molecule has 18 heavy (non-hydrogen) atoms. The lowest BCUT2D eigenvalue weighted by Gasteiger charge is -2.21. The first-order valence-corrected chi connectivity index (χ1v) is 6.14. The van der Waals surface area contributed by atoms with Gasteiger partial charge in [0.15, 0.2) is 0 Å². The van der Waals surface area contributed by atoms with Gasteiger partial charge in [-0.1, -0.05) is 24.3 Å². The Morgan fingerprint density at radius 2 is 0.778 bits per heavy atom. The minimum absolute atomic E-state index is 0.148. The van der Waals surface area contributed by atoms with Crippen LogP contribution in [-0.4, -0.2) is 12.3 Å². The molecule has 0 aromatic heterocycles. The van der Waals surface area contributed by atoms with Gasteiger partial charge in [-0.3, -0.25) is 0 Å². The van der Waals surface area contributed by atoms with Crippen LogP contribution in [0.2, 0.25) is 0 Å². The van der Waals surface area contributed by atoms with Gasteiger partial charge in [-0.2, -0.15) is 0 Å². The molecule has 0 amide bonds. The predicted molar refractivity (Wildman–Crippen MR) is 75.0 cm³/mol. The summed E-state index contributed by atoms with van der Waals surface area (Å²) in [6.07, 6.45) is 0.296. The van der Waals surface area contributed by atoms with E-state index in [4.69, 9.17) is 0 Å². The molecule has 0 saturated heterocycles. The Kier molecular flexibility index (Phi) is 1.91. The van der Waals surface area contributed by atoms with Gasteiger partial charge in [0.25, 0.3) is 0 Å². The van der Waals surface area contributed by atoms with Crippen LogP contribution in [0.15, 0.2) is 48.5 Å². The normalized spacial score (nSPS) is 17.1. The van der Waals surface area contributed by atoms with Crippen LogP contribution in [0.3, 0.4) is 0 Å². The second kappa shape index (κ2) is 3.57. The van der Waals surface area contributed by atoms with Gasteiger partial charge >= 0.3 is 0 Å². The van der Waals surface area contributed by atoms with Gasteiger partial charge < -0.3 is 21.3 Å². The Morgan fingerprint density at radius 3 is 1.06 bits per heavy atom. The van der Waals surface area contributed by atoms with E-state index in [2.05, 4.69) is 45.5 Å². The summed E-state index contributed by atoms with van der Waals surface area (Å²) < 4.78 is 0. The average Bonchev–Trinajstić information content (AvgIpc) is 3.02. The van der Waals surface area contributed by atoms with Crippen molar-refractivity contribution < 1.29 is 0 Å². The number of fused-ring (bicyclic) bond motifs is 2. The fourth-order valence-electron chi connectivity index (χ4n) is 2.55. The van der Waals surface area contributed by atoms with E-state index in [1.807, 2.05) is 24.3 Å². The maximum atomic E-state index is 3.48. The molecule has 4 rings (SSSR count). The Labute approximate surface area is 105 Å². The molecule has 2 aliphatic heterocycles. The number of hydrogen-bond acceptors (Lipinski definition) is 4. The molecular weight excluding hydrogens is 224 g/mol. The van der Waals surface area contributed by atoms with Gasteiger partial charge in [0, 0.05) is 0 Å². The van der Waals surface area contributed by atoms with E-state index >= 15 is 0 Å². The highest BCUT2D eigenvalue weighted by Gasteiger charge is 2.31. The lowest BCUT2D eigenvalue weighted by Crippen LogP contribution is -2.43. The zero-order valence-corrected chi connectivity index (χ0v) is 9.77. The van der Waals surface area contributed by atoms with E-state index in [0.717, 1.165) is 22.7 Å². The van der Waals surface area contributed by atoms with Crippen molar-refractivity contribution in [2.45, 2.75) is 12.3 Å². The van der Waals surface area contributed by atoms with Gasteiger partial charge in [0.05, 0.1) is 22.7 Å². The zero-order chi connectivity index (χ0) is 11.9. The summed E-state index contributed by atoms with van der Waals surface area (Å²) in [5.41, 5.74) is 4.62. The van der Waals surface area contributed by atoms with E-state index in [0.29, 0.717) is 0 Å². The third-order valence-corrected chi connectivity index (χ3v) is 3.43. The molecule has 2 aromatic rings. The van der Waals surface area contributed by atoms with Crippen LogP contribution in [0.1, 0.15) is 0 Å². The van der Waals surface area contributed by atoms with Gasteiger partial charge in [-0.05, 0) is 24.3 Å². The van der Waals surface area contributed by atoms with Crippen molar-refractivity contribution in [3.05, 3.63) is 48.5 Å². The second-order valence-electron chi connectivity index (χ2n) is 4.62. The van der Waals surface area contributed by atoms with Crippen molar-refractivity contribution in [1.82, 2.24) is 0 Å². The first-order valence-electron chi connectivity index (χ1n) is 6.14. The summed E-state index contributed by atoms with van der Waals surface area (Å²) in [4.78, 5) is 0. The van der Waals surface area contributed by atoms with Crippen molar-refractivity contribution >= 4 is 22.7 Å². The molecule has 4 N–H and O–H groups in total. The van der Waals surface area contributed by atoms with Crippen molar-refractivity contribution in [1.29, 1.82) is 0 Å². The molecule has 0 unspecified atom stereocenters. The Hall–Kier alpha value is -2.36. The van der Waals surface area contributed by atoms with E-state index in [-0.39, 0.29) is 12.3 Å². The molecule has 0 radical (unpaired) electrons. The van der Waals surface area contributed by atoms with E-state index in [9.17, 15) is 0 Å². The number of benzene rings is 2. The van der Waals surface area contributed by atoms with Gasteiger partial charge in [-0.25, -0.2) is 0 Å². The lowest BCUT2D eigenvalue weighted by molar-refractivity contribution is 0.736. The van der Waals surface area contributed by atoms with Crippen LogP contribution in [0.5, 0.6) is 0 Å². The van der Waals surface area contributed by atoms with E-state index in [1.165, 1.54) is 0 Å². The molecule has 90 valence electrons. The SMILES string of the molecule is c1ccc2c(c1)NC(C1Nc3ccccc3N1)N2. The van der Waals surface area contributed by atoms with Crippen LogP contribution in [-0.2, 0) is 0 Å². The van der Waals surface area contributed by atoms with Crippen LogP contribution in [0, 0.1) is 0 Å². The fraction of sp³-hybridized carbons (Fsp3) is 0.143. The average molecular weight is 238 g/mol. The molecule has 2 aromatic carbocycles. The van der Waals surface area contributed by atoms with Crippen molar-refractivity contribution in [2.75, 3.05) is 21.3 Å². The molecular formula is C14H14N4. The monoisotopic (exact) mass is 238 g/mol. The quantitative estimate of drug-likeness (QED) is 0.617. The molecule has 0 atom stereocenters. The largest absolute Gasteiger partial charge is 0.360 e. The Morgan fingerprint density at radius 1 is 0.500 bits per heavy atom. The van der Waals surface area contributed by atoms with E-state index in [1.54, 1.807) is 0 Å². The van der Waals surface area contributed by atoms with Crippen LogP contribution in [0.25, 0.3) is 0 Å². The Balaban J connectivity index is 1.56. The minimum atomic E-state index is 0.148. The second-order valence-corrected chi connectivity index (χ2v) is 4.62. The number of nitrogens with one attached hydrogen (secondary N) is 4. The van der Waals surface area contributed by atoms with E-state index < -0.39 is 0 Å². The third kappa shape index (κ3) is 1.39.